The van der Waals surface area contributed by atoms with Crippen molar-refractivity contribution >= 4 is 11.4 Å². The molecular formula is C20H28N2O3. The molecule has 0 aliphatic rings. The molecule has 5 heteroatoms. The Morgan fingerprint density at radius 3 is 2.12 bits per heavy atom. The van der Waals surface area contributed by atoms with E-state index in [-0.39, 0.29) is 6.61 Å². The Bertz CT molecular complexity index is 674. The molecule has 0 heterocycles. The molecule has 0 saturated heterocycles. The topological polar surface area (TPSA) is 76.7 Å². The van der Waals surface area contributed by atoms with Crippen molar-refractivity contribution in [3.63, 3.8) is 0 Å². The van der Waals surface area contributed by atoms with Crippen LogP contribution < -0.4 is 20.5 Å². The van der Waals surface area contributed by atoms with Gasteiger partial charge in [0.15, 0.2) is 0 Å². The molecule has 0 unspecified atom stereocenters. The van der Waals surface area contributed by atoms with E-state index in [1.807, 2.05) is 36.4 Å². The molecule has 0 atom stereocenters. The van der Waals surface area contributed by atoms with Gasteiger partial charge in [-0.15, -0.1) is 0 Å². The lowest BCUT2D eigenvalue weighted by Gasteiger charge is -2.15. The molecule has 0 bridgehead atoms. The number of rotatable bonds is 10. The summed E-state index contributed by atoms with van der Waals surface area (Å²) in [5, 5.41) is 13.0. The van der Waals surface area contributed by atoms with Gasteiger partial charge in [-0.2, -0.15) is 0 Å². The van der Waals surface area contributed by atoms with Gasteiger partial charge in [-0.3, -0.25) is 0 Å². The van der Waals surface area contributed by atoms with Gasteiger partial charge in [0.25, 0.3) is 0 Å². The first-order chi connectivity index (χ1) is 12.2. The fraction of sp³-hybridized carbons (Fsp3) is 0.400. The van der Waals surface area contributed by atoms with Crippen molar-refractivity contribution in [1.82, 2.24) is 0 Å². The minimum atomic E-state index is -0.0548. The van der Waals surface area contributed by atoms with E-state index in [1.54, 1.807) is 0 Å². The molecule has 4 N–H and O–H groups in total. The van der Waals surface area contributed by atoms with Crippen LogP contribution >= 0.6 is 0 Å². The molecule has 2 aromatic rings. The van der Waals surface area contributed by atoms with Gasteiger partial charge < -0.3 is 25.6 Å². The minimum Gasteiger partial charge on any atom is -0.494 e. The van der Waals surface area contributed by atoms with Gasteiger partial charge in [0, 0.05) is 23.5 Å². The second-order valence-electron chi connectivity index (χ2n) is 5.89. The highest BCUT2D eigenvalue weighted by Crippen LogP contribution is 2.25. The van der Waals surface area contributed by atoms with Crippen LogP contribution in [0.5, 0.6) is 11.5 Å². The fourth-order valence-electron chi connectivity index (χ4n) is 2.42. The number of nitrogens with one attached hydrogen (secondary N) is 1. The Balaban J connectivity index is 2.07. The Morgan fingerprint density at radius 2 is 1.52 bits per heavy atom. The highest BCUT2D eigenvalue weighted by Gasteiger charge is 2.07. The summed E-state index contributed by atoms with van der Waals surface area (Å²) >= 11 is 0. The summed E-state index contributed by atoms with van der Waals surface area (Å²) in [5.74, 6) is 1.59. The minimum absolute atomic E-state index is 0.0548. The van der Waals surface area contributed by atoms with E-state index in [0.717, 1.165) is 41.2 Å². The van der Waals surface area contributed by atoms with Gasteiger partial charge in [-0.05, 0) is 54.8 Å². The third-order valence-corrected chi connectivity index (χ3v) is 3.78. The first-order valence-corrected chi connectivity index (χ1v) is 8.79. The molecule has 25 heavy (non-hydrogen) atoms. The maximum Gasteiger partial charge on any atom is 0.119 e. The number of ether oxygens (including phenoxy) is 2. The molecular weight excluding hydrogens is 316 g/mol. The van der Waals surface area contributed by atoms with E-state index < -0.39 is 0 Å². The maximum absolute atomic E-state index is 9.62. The molecule has 0 aliphatic carbocycles. The van der Waals surface area contributed by atoms with E-state index in [9.17, 15) is 5.11 Å². The number of hydrogen-bond acceptors (Lipinski definition) is 5. The quantitative estimate of drug-likeness (QED) is 0.569. The summed E-state index contributed by atoms with van der Waals surface area (Å²) in [6, 6.07) is 11.4. The third kappa shape index (κ3) is 5.57. The average molecular weight is 344 g/mol. The molecule has 0 amide bonds. The van der Waals surface area contributed by atoms with E-state index in [4.69, 9.17) is 15.2 Å². The van der Waals surface area contributed by atoms with E-state index >= 15 is 0 Å². The fourth-order valence-corrected chi connectivity index (χ4v) is 2.42. The van der Waals surface area contributed by atoms with Gasteiger partial charge in [0.1, 0.15) is 11.5 Å². The Morgan fingerprint density at radius 1 is 0.920 bits per heavy atom. The van der Waals surface area contributed by atoms with Crippen molar-refractivity contribution in [2.75, 3.05) is 24.3 Å². The van der Waals surface area contributed by atoms with Gasteiger partial charge in [-0.1, -0.05) is 13.8 Å². The molecule has 0 radical (unpaired) electrons. The van der Waals surface area contributed by atoms with Crippen LogP contribution in [0, 0.1) is 0 Å². The molecule has 0 aliphatic heterocycles. The zero-order valence-corrected chi connectivity index (χ0v) is 15.0. The maximum atomic E-state index is 9.62. The van der Waals surface area contributed by atoms with Crippen LogP contribution in [0.15, 0.2) is 36.4 Å². The zero-order valence-electron chi connectivity index (χ0n) is 15.0. The molecule has 5 nitrogen and oxygen atoms in total. The summed E-state index contributed by atoms with van der Waals surface area (Å²) in [6.45, 7) is 5.98. The Hall–Kier alpha value is -2.40. The first kappa shape index (κ1) is 18.9. The number of nitrogens with two attached hydrogens (primary N) is 1. The van der Waals surface area contributed by atoms with Crippen LogP contribution in [0.3, 0.4) is 0 Å². The van der Waals surface area contributed by atoms with Crippen LogP contribution in [-0.2, 0) is 13.2 Å². The Labute approximate surface area is 149 Å². The summed E-state index contributed by atoms with van der Waals surface area (Å²) < 4.78 is 11.3. The van der Waals surface area contributed by atoms with Crippen molar-refractivity contribution in [2.24, 2.45) is 0 Å². The summed E-state index contributed by atoms with van der Waals surface area (Å²) in [5.41, 5.74) is 9.40. The molecule has 0 aromatic heterocycles. The van der Waals surface area contributed by atoms with Crippen LogP contribution in [0.25, 0.3) is 0 Å². The molecule has 0 saturated carbocycles. The van der Waals surface area contributed by atoms with Crippen molar-refractivity contribution in [3.8, 4) is 11.5 Å². The van der Waals surface area contributed by atoms with Crippen molar-refractivity contribution in [1.29, 1.82) is 0 Å². The SMILES string of the molecule is CCCOc1ccc(N)c(CNc2ccc(OCCC)cc2CO)c1. The van der Waals surface area contributed by atoms with Gasteiger partial charge in [0.2, 0.25) is 0 Å². The highest BCUT2D eigenvalue weighted by molar-refractivity contribution is 5.57. The lowest BCUT2D eigenvalue weighted by Crippen LogP contribution is -2.06. The van der Waals surface area contributed by atoms with Crippen molar-refractivity contribution in [2.45, 2.75) is 39.8 Å². The van der Waals surface area contributed by atoms with E-state index in [1.165, 1.54) is 0 Å². The number of aliphatic hydroxyl groups excluding tert-OH is 1. The standard InChI is InChI=1S/C20H28N2O3/c1-3-9-24-17-5-7-19(21)15(11-17)13-22-20-8-6-18(25-10-4-2)12-16(20)14-23/h5-8,11-12,22-23H,3-4,9-10,13-14,21H2,1-2H3. The molecule has 0 fully saturated rings. The highest BCUT2D eigenvalue weighted by atomic mass is 16.5. The third-order valence-electron chi connectivity index (χ3n) is 3.78. The van der Waals surface area contributed by atoms with E-state index in [2.05, 4.69) is 19.2 Å². The zero-order chi connectivity index (χ0) is 18.1. The number of hydrogen-bond donors (Lipinski definition) is 3. The smallest absolute Gasteiger partial charge is 0.119 e. The molecule has 136 valence electrons. The van der Waals surface area contributed by atoms with Crippen molar-refractivity contribution in [3.05, 3.63) is 47.5 Å². The van der Waals surface area contributed by atoms with Crippen LogP contribution in [0.2, 0.25) is 0 Å². The molecule has 2 rings (SSSR count). The lowest BCUT2D eigenvalue weighted by atomic mass is 10.1. The Kier molecular flexibility index (Phi) is 7.41. The predicted octanol–water partition coefficient (Wildman–Crippen LogP) is 3.95. The number of anilines is 2. The molecule has 0 spiro atoms. The van der Waals surface area contributed by atoms with Gasteiger partial charge in [-0.25, -0.2) is 0 Å². The van der Waals surface area contributed by atoms with Gasteiger partial charge >= 0.3 is 0 Å². The number of aliphatic hydroxyl groups is 1. The predicted molar refractivity (Wildman–Crippen MR) is 102 cm³/mol. The van der Waals surface area contributed by atoms with Crippen LogP contribution in [0.4, 0.5) is 11.4 Å². The summed E-state index contributed by atoms with van der Waals surface area (Å²) in [7, 11) is 0. The first-order valence-electron chi connectivity index (χ1n) is 8.79. The second kappa shape index (κ2) is 9.79. The van der Waals surface area contributed by atoms with Crippen LogP contribution in [0.1, 0.15) is 37.8 Å². The number of benzene rings is 2. The normalized spacial score (nSPS) is 10.5. The molecule has 2 aromatic carbocycles. The summed E-state index contributed by atoms with van der Waals surface area (Å²) in [4.78, 5) is 0. The van der Waals surface area contributed by atoms with Crippen molar-refractivity contribution < 1.29 is 14.6 Å². The lowest BCUT2D eigenvalue weighted by molar-refractivity contribution is 0.279. The van der Waals surface area contributed by atoms with Crippen LogP contribution in [-0.4, -0.2) is 18.3 Å². The summed E-state index contributed by atoms with van der Waals surface area (Å²) in [6.07, 6.45) is 1.91. The van der Waals surface area contributed by atoms with Gasteiger partial charge in [0.05, 0.1) is 19.8 Å². The van der Waals surface area contributed by atoms with E-state index in [0.29, 0.717) is 25.4 Å². The second-order valence-corrected chi connectivity index (χ2v) is 5.89. The largest absolute Gasteiger partial charge is 0.494 e. The monoisotopic (exact) mass is 344 g/mol. The number of nitrogen functional groups attached to an aromatic ring is 1. The average Bonchev–Trinajstić information content (AvgIpc) is 2.64.